The van der Waals surface area contributed by atoms with Gasteiger partial charge >= 0.3 is 29.6 Å². The van der Waals surface area contributed by atoms with Gasteiger partial charge in [0.15, 0.2) is 0 Å². The predicted molar refractivity (Wildman–Crippen MR) is 113 cm³/mol. The fourth-order valence-corrected chi connectivity index (χ4v) is 4.82. The molecule has 0 saturated carbocycles. The number of anilines is 1. The fourth-order valence-electron chi connectivity index (χ4n) is 3.81. The second-order valence-electron chi connectivity index (χ2n) is 8.34. The third-order valence-corrected chi connectivity index (χ3v) is 7.17. The van der Waals surface area contributed by atoms with Crippen molar-refractivity contribution in [3.05, 3.63) is 42.2 Å². The van der Waals surface area contributed by atoms with Crippen molar-refractivity contribution in [3.8, 4) is 5.75 Å². The van der Waals surface area contributed by atoms with Crippen LogP contribution in [0.25, 0.3) is 0 Å². The van der Waals surface area contributed by atoms with Crippen LogP contribution in [0.4, 0.5) is 5.82 Å². The van der Waals surface area contributed by atoms with Crippen LogP contribution >= 0.6 is 0 Å². The van der Waals surface area contributed by atoms with E-state index in [0.717, 1.165) is 43.1 Å². The number of para-hydroxylation sites is 1. The minimum Gasteiger partial charge on any atom is -0.759 e. The summed E-state index contributed by atoms with van der Waals surface area (Å²) in [6, 6.07) is 7.96. The van der Waals surface area contributed by atoms with Gasteiger partial charge in [0.25, 0.3) is 0 Å². The average Bonchev–Trinajstić information content (AvgIpc) is 2.95. The molecule has 1 aromatic heterocycles. The molecule has 2 aromatic rings. The largest absolute Gasteiger partial charge is 1.00 e. The minimum absolute atomic E-state index is 0. The van der Waals surface area contributed by atoms with Gasteiger partial charge < -0.3 is 26.8 Å². The summed E-state index contributed by atoms with van der Waals surface area (Å²) in [4.78, 5) is 10.8. The van der Waals surface area contributed by atoms with Crippen molar-refractivity contribution in [1.82, 2.24) is 14.7 Å². The SMILES string of the molecule is CC(C)(C)[S@@+]([O-])N[C@@H]1c2ccccc2OC12CCN(c1cnc([S-])cn1)CC2.[Na+]. The topological polar surface area (TPSA) is 73.3 Å². The summed E-state index contributed by atoms with van der Waals surface area (Å²) in [6.07, 6.45) is 4.96. The first-order chi connectivity index (χ1) is 13.3. The van der Waals surface area contributed by atoms with E-state index in [9.17, 15) is 4.55 Å². The Bertz CT molecular complexity index is 839. The first-order valence-electron chi connectivity index (χ1n) is 9.48. The molecule has 0 aliphatic carbocycles. The van der Waals surface area contributed by atoms with Crippen LogP contribution in [0, 0.1) is 0 Å². The maximum atomic E-state index is 12.9. The molecule has 1 aromatic carbocycles. The van der Waals surface area contributed by atoms with Crippen LogP contribution in [0.1, 0.15) is 45.2 Å². The van der Waals surface area contributed by atoms with Crippen LogP contribution in [0.15, 0.2) is 41.7 Å². The van der Waals surface area contributed by atoms with Crippen LogP contribution < -0.4 is 43.9 Å². The Hall–Kier alpha value is -0.610. The van der Waals surface area contributed by atoms with Gasteiger partial charge in [-0.2, -0.15) is 0 Å². The molecule has 1 fully saturated rings. The summed E-state index contributed by atoms with van der Waals surface area (Å²) in [5.74, 6) is 1.72. The minimum atomic E-state index is -1.19. The van der Waals surface area contributed by atoms with Gasteiger partial charge in [0.05, 0.1) is 6.20 Å². The van der Waals surface area contributed by atoms with Crippen LogP contribution in [0.3, 0.4) is 0 Å². The molecule has 2 aliphatic rings. The summed E-state index contributed by atoms with van der Waals surface area (Å²) < 4.78 is 22.4. The van der Waals surface area contributed by atoms with Crippen molar-refractivity contribution in [1.29, 1.82) is 0 Å². The Balaban J connectivity index is 0.00000240. The Morgan fingerprint density at radius 2 is 1.90 bits per heavy atom. The van der Waals surface area contributed by atoms with Gasteiger partial charge in [-0.25, -0.2) is 4.98 Å². The number of hydrogen-bond donors (Lipinski definition) is 1. The maximum absolute atomic E-state index is 12.9. The van der Waals surface area contributed by atoms with E-state index in [0.29, 0.717) is 5.03 Å². The number of ether oxygens (including phenoxy) is 1. The first kappa shape index (κ1) is 23.1. The summed E-state index contributed by atoms with van der Waals surface area (Å²) >= 11 is 3.84. The summed E-state index contributed by atoms with van der Waals surface area (Å²) in [7, 11) is 0. The molecule has 3 heterocycles. The number of rotatable bonds is 3. The van der Waals surface area contributed by atoms with Crippen molar-refractivity contribution in [2.75, 3.05) is 18.0 Å². The molecule has 9 heteroatoms. The molecule has 0 amide bonds. The molecular formula is C20H25N4NaO2S2. The van der Waals surface area contributed by atoms with Crippen molar-refractivity contribution < 1.29 is 38.8 Å². The molecule has 29 heavy (non-hydrogen) atoms. The maximum Gasteiger partial charge on any atom is 1.00 e. The molecule has 2 aliphatic heterocycles. The quantitative estimate of drug-likeness (QED) is 0.406. The molecule has 4 rings (SSSR count). The van der Waals surface area contributed by atoms with E-state index in [1.54, 1.807) is 12.4 Å². The first-order valence-corrected chi connectivity index (χ1v) is 11.0. The number of nitrogens with zero attached hydrogens (tertiary/aromatic N) is 3. The van der Waals surface area contributed by atoms with Gasteiger partial charge in [-0.3, -0.25) is 4.98 Å². The number of piperidine rings is 1. The molecule has 6 nitrogen and oxygen atoms in total. The van der Waals surface area contributed by atoms with Gasteiger partial charge in [0.1, 0.15) is 28.0 Å². The third-order valence-electron chi connectivity index (χ3n) is 5.40. The van der Waals surface area contributed by atoms with Gasteiger partial charge in [-0.15, -0.1) is 4.72 Å². The van der Waals surface area contributed by atoms with Crippen LogP contribution in [0.5, 0.6) is 5.75 Å². The monoisotopic (exact) mass is 440 g/mol. The Labute approximate surface area is 203 Å². The van der Waals surface area contributed by atoms with E-state index in [1.165, 1.54) is 0 Å². The summed E-state index contributed by atoms with van der Waals surface area (Å²) in [6.45, 7) is 7.53. The van der Waals surface area contributed by atoms with E-state index in [-0.39, 0.29) is 40.3 Å². The van der Waals surface area contributed by atoms with Crippen LogP contribution in [-0.4, -0.2) is 38.0 Å². The molecule has 1 spiro atoms. The molecule has 0 bridgehead atoms. The second kappa shape index (κ2) is 8.86. The van der Waals surface area contributed by atoms with E-state index < -0.39 is 17.0 Å². The van der Waals surface area contributed by atoms with Crippen LogP contribution in [0.2, 0.25) is 0 Å². The Kier molecular flexibility index (Phi) is 7.05. The van der Waals surface area contributed by atoms with Gasteiger partial charge in [-0.05, 0) is 26.8 Å². The molecule has 0 radical (unpaired) electrons. The fraction of sp³-hybridized carbons (Fsp3) is 0.500. The zero-order valence-electron chi connectivity index (χ0n) is 17.3. The Morgan fingerprint density at radius 3 is 2.52 bits per heavy atom. The van der Waals surface area contributed by atoms with Crippen molar-refractivity contribution in [3.63, 3.8) is 0 Å². The molecule has 0 unspecified atom stereocenters. The molecule has 1 saturated heterocycles. The number of fused-ring (bicyclic) bond motifs is 1. The zero-order chi connectivity index (χ0) is 19.9. The van der Waals surface area contributed by atoms with E-state index in [4.69, 9.17) is 17.4 Å². The van der Waals surface area contributed by atoms with Crippen molar-refractivity contribution >= 4 is 29.8 Å². The molecule has 2 atom stereocenters. The van der Waals surface area contributed by atoms with Crippen molar-refractivity contribution in [2.24, 2.45) is 0 Å². The zero-order valence-corrected chi connectivity index (χ0v) is 21.0. The standard InChI is InChI=1S/C20H26N4O2S2.Na/c1-19(2,3)28(25)23-18-14-6-4-5-7-15(14)26-20(18)8-10-24(11-9-20)16-12-22-17(27)13-21-16;/h4-7,12-13,18,23H,8-11H2,1-3H3,(H,22,27);/q;+1/p-1/t18-,28-;/m1./s1. The van der Waals surface area contributed by atoms with Crippen LogP contribution in [-0.2, 0) is 24.0 Å². The number of benzene rings is 1. The predicted octanol–water partition coefficient (Wildman–Crippen LogP) is -0.0891. The summed E-state index contributed by atoms with van der Waals surface area (Å²) in [5.41, 5.74) is 0.677. The Morgan fingerprint density at radius 1 is 1.21 bits per heavy atom. The van der Waals surface area contributed by atoms with E-state index in [1.807, 2.05) is 39.0 Å². The smallest absolute Gasteiger partial charge is 0.759 e. The summed E-state index contributed by atoms with van der Waals surface area (Å²) in [5, 5.41) is 0.501. The van der Waals surface area contributed by atoms with Gasteiger partial charge in [0, 0.05) is 49.1 Å². The van der Waals surface area contributed by atoms with E-state index in [2.05, 4.69) is 25.7 Å². The number of aromatic nitrogens is 2. The normalized spacial score (nSPS) is 21.2. The van der Waals surface area contributed by atoms with Crippen molar-refractivity contribution in [2.45, 2.75) is 55.0 Å². The molecule has 150 valence electrons. The number of nitrogens with one attached hydrogen (secondary N) is 1. The third kappa shape index (κ3) is 4.69. The molecular weight excluding hydrogens is 415 g/mol. The average molecular weight is 441 g/mol. The van der Waals surface area contributed by atoms with E-state index >= 15 is 0 Å². The number of hydrogen-bond acceptors (Lipinski definition) is 7. The van der Waals surface area contributed by atoms with Gasteiger partial charge in [-0.1, -0.05) is 23.2 Å². The molecule has 1 N–H and O–H groups in total. The second-order valence-corrected chi connectivity index (χ2v) is 10.8. The van der Waals surface area contributed by atoms with Gasteiger partial charge in [0.2, 0.25) is 0 Å².